The molecule has 0 saturated heterocycles. The molecule has 6 heteroatoms. The molecule has 5 nitrogen and oxygen atoms in total. The lowest BCUT2D eigenvalue weighted by Crippen LogP contribution is -2.00. The molecule has 23 heavy (non-hydrogen) atoms. The maximum absolute atomic E-state index is 10.0. The predicted molar refractivity (Wildman–Crippen MR) is 93.6 cm³/mol. The first-order valence-electron chi connectivity index (χ1n) is 7.33. The summed E-state index contributed by atoms with van der Waals surface area (Å²) < 4.78 is 2.20. The summed E-state index contributed by atoms with van der Waals surface area (Å²) in [5.74, 6) is 0.429. The molecule has 0 saturated carbocycles. The number of H-pyrrole nitrogens is 1. The maximum Gasteiger partial charge on any atom is 0.200 e. The van der Waals surface area contributed by atoms with Crippen molar-refractivity contribution in [3.8, 4) is 28.6 Å². The molecular weight excluding hydrogens is 310 g/mol. The molecule has 0 amide bonds. The summed E-state index contributed by atoms with van der Waals surface area (Å²) >= 11 is 5.30. The standard InChI is InChI=1S/C15H13N3O2S.C2H6/c1-9-4-2-3-5-12(9)18-14(16-17-15(18)21)11-7-6-10(19)8-13(11)20;1-2/h2-8,19-20H,1H3,(H,17,21);1-2H3. The quantitative estimate of drug-likeness (QED) is 0.611. The van der Waals surface area contributed by atoms with E-state index in [0.29, 0.717) is 16.2 Å². The Bertz CT molecular complexity index is 868. The smallest absolute Gasteiger partial charge is 0.200 e. The summed E-state index contributed by atoms with van der Waals surface area (Å²) in [6.45, 7) is 5.98. The second-order valence-electron chi connectivity index (χ2n) is 4.68. The van der Waals surface area contributed by atoms with Crippen molar-refractivity contribution in [1.29, 1.82) is 0 Å². The van der Waals surface area contributed by atoms with E-state index in [1.807, 2.05) is 45.0 Å². The molecule has 0 atom stereocenters. The van der Waals surface area contributed by atoms with E-state index in [1.54, 1.807) is 10.6 Å². The van der Waals surface area contributed by atoms with Crippen LogP contribution in [0.1, 0.15) is 19.4 Å². The number of hydrogen-bond acceptors (Lipinski definition) is 4. The fraction of sp³-hybridized carbons (Fsp3) is 0.176. The van der Waals surface area contributed by atoms with Crippen LogP contribution in [-0.4, -0.2) is 25.0 Å². The number of phenolic OH excluding ortho intramolecular Hbond substituents is 2. The van der Waals surface area contributed by atoms with Crippen LogP contribution in [0.4, 0.5) is 0 Å². The molecule has 0 fully saturated rings. The van der Waals surface area contributed by atoms with E-state index in [4.69, 9.17) is 12.2 Å². The minimum Gasteiger partial charge on any atom is -0.508 e. The van der Waals surface area contributed by atoms with Crippen molar-refractivity contribution in [2.24, 2.45) is 0 Å². The van der Waals surface area contributed by atoms with Gasteiger partial charge in [-0.2, -0.15) is 5.10 Å². The van der Waals surface area contributed by atoms with E-state index < -0.39 is 0 Å². The third kappa shape index (κ3) is 3.27. The van der Waals surface area contributed by atoms with E-state index in [1.165, 1.54) is 12.1 Å². The van der Waals surface area contributed by atoms with E-state index >= 15 is 0 Å². The number of benzene rings is 2. The Labute approximate surface area is 139 Å². The number of para-hydroxylation sites is 1. The summed E-state index contributed by atoms with van der Waals surface area (Å²) in [5.41, 5.74) is 2.41. The van der Waals surface area contributed by atoms with Gasteiger partial charge in [0.1, 0.15) is 11.5 Å². The monoisotopic (exact) mass is 329 g/mol. The number of aryl methyl sites for hydroxylation is 1. The highest BCUT2D eigenvalue weighted by molar-refractivity contribution is 7.71. The number of aromatic amines is 1. The molecule has 0 unspecified atom stereocenters. The molecule has 3 aromatic rings. The molecule has 0 radical (unpaired) electrons. The fourth-order valence-electron chi connectivity index (χ4n) is 2.22. The van der Waals surface area contributed by atoms with Crippen LogP contribution in [0, 0.1) is 11.7 Å². The van der Waals surface area contributed by atoms with Gasteiger partial charge in [0.25, 0.3) is 0 Å². The third-order valence-corrected chi connectivity index (χ3v) is 3.52. The Kier molecular flexibility index (Phi) is 5.18. The van der Waals surface area contributed by atoms with Gasteiger partial charge in [0, 0.05) is 6.07 Å². The first-order chi connectivity index (χ1) is 11.1. The summed E-state index contributed by atoms with van der Waals surface area (Å²) in [7, 11) is 0. The highest BCUT2D eigenvalue weighted by Crippen LogP contribution is 2.32. The fourth-order valence-corrected chi connectivity index (χ4v) is 2.46. The van der Waals surface area contributed by atoms with Crippen LogP contribution in [0.5, 0.6) is 11.5 Å². The van der Waals surface area contributed by atoms with E-state index in [-0.39, 0.29) is 11.5 Å². The maximum atomic E-state index is 10.0. The summed E-state index contributed by atoms with van der Waals surface area (Å²) in [5, 5.41) is 26.4. The van der Waals surface area contributed by atoms with Crippen LogP contribution < -0.4 is 0 Å². The van der Waals surface area contributed by atoms with Gasteiger partial charge < -0.3 is 10.2 Å². The van der Waals surface area contributed by atoms with Crippen LogP contribution in [0.2, 0.25) is 0 Å². The predicted octanol–water partition coefficient (Wildman–Crippen LogP) is 4.34. The molecule has 0 aliphatic rings. The molecule has 3 N–H and O–H groups in total. The molecule has 0 bridgehead atoms. The minimum atomic E-state index is -0.0566. The van der Waals surface area contributed by atoms with Crippen LogP contribution in [0.25, 0.3) is 17.1 Å². The number of phenols is 2. The zero-order chi connectivity index (χ0) is 17.0. The number of aromatic nitrogens is 3. The lowest BCUT2D eigenvalue weighted by Gasteiger charge is -2.10. The Morgan fingerprint density at radius 2 is 1.78 bits per heavy atom. The van der Waals surface area contributed by atoms with E-state index in [2.05, 4.69) is 10.2 Å². The topological polar surface area (TPSA) is 74.1 Å². The number of rotatable bonds is 2. The van der Waals surface area contributed by atoms with Crippen molar-refractivity contribution in [2.75, 3.05) is 0 Å². The van der Waals surface area contributed by atoms with Crippen molar-refractivity contribution in [2.45, 2.75) is 20.8 Å². The van der Waals surface area contributed by atoms with Crippen LogP contribution in [0.15, 0.2) is 42.5 Å². The Morgan fingerprint density at radius 3 is 2.43 bits per heavy atom. The molecule has 0 spiro atoms. The highest BCUT2D eigenvalue weighted by atomic mass is 32.1. The molecule has 1 heterocycles. The van der Waals surface area contributed by atoms with Gasteiger partial charge in [-0.1, -0.05) is 32.0 Å². The van der Waals surface area contributed by atoms with Gasteiger partial charge in [-0.3, -0.25) is 9.67 Å². The van der Waals surface area contributed by atoms with Gasteiger partial charge in [0.05, 0.1) is 11.3 Å². The Morgan fingerprint density at radius 1 is 1.09 bits per heavy atom. The highest BCUT2D eigenvalue weighted by Gasteiger charge is 2.15. The van der Waals surface area contributed by atoms with Crippen molar-refractivity contribution in [3.05, 3.63) is 52.8 Å². The van der Waals surface area contributed by atoms with Gasteiger partial charge in [0.2, 0.25) is 0 Å². The molecule has 2 aromatic carbocycles. The molecule has 0 aliphatic carbocycles. The van der Waals surface area contributed by atoms with Gasteiger partial charge in [-0.05, 0) is 42.9 Å². The summed E-state index contributed by atoms with van der Waals surface area (Å²) in [6.07, 6.45) is 0. The third-order valence-electron chi connectivity index (χ3n) is 3.25. The van der Waals surface area contributed by atoms with E-state index in [0.717, 1.165) is 11.3 Å². The normalized spacial score (nSPS) is 10.0. The average molecular weight is 329 g/mol. The van der Waals surface area contributed by atoms with Crippen LogP contribution in [-0.2, 0) is 0 Å². The molecule has 1 aromatic heterocycles. The number of nitrogens with zero attached hydrogens (tertiary/aromatic N) is 2. The largest absolute Gasteiger partial charge is 0.508 e. The van der Waals surface area contributed by atoms with Gasteiger partial charge >= 0.3 is 0 Å². The number of aromatic hydroxyl groups is 2. The number of nitrogens with one attached hydrogen (secondary N) is 1. The van der Waals surface area contributed by atoms with Gasteiger partial charge in [-0.15, -0.1) is 0 Å². The number of hydrogen-bond donors (Lipinski definition) is 3. The molecule has 3 rings (SSSR count). The molecule has 120 valence electrons. The van der Waals surface area contributed by atoms with Crippen molar-refractivity contribution in [1.82, 2.24) is 14.8 Å². The van der Waals surface area contributed by atoms with Crippen molar-refractivity contribution >= 4 is 12.2 Å². The lowest BCUT2D eigenvalue weighted by atomic mass is 10.1. The average Bonchev–Trinajstić information content (AvgIpc) is 2.91. The van der Waals surface area contributed by atoms with Crippen molar-refractivity contribution < 1.29 is 10.2 Å². The van der Waals surface area contributed by atoms with Crippen molar-refractivity contribution in [3.63, 3.8) is 0 Å². The van der Waals surface area contributed by atoms with Crippen LogP contribution in [0.3, 0.4) is 0 Å². The molecule has 0 aliphatic heterocycles. The van der Waals surface area contributed by atoms with Gasteiger partial charge in [0.15, 0.2) is 10.6 Å². The van der Waals surface area contributed by atoms with Gasteiger partial charge in [-0.25, -0.2) is 0 Å². The first kappa shape index (κ1) is 16.8. The van der Waals surface area contributed by atoms with Crippen LogP contribution >= 0.6 is 12.2 Å². The van der Waals surface area contributed by atoms with E-state index in [9.17, 15) is 10.2 Å². The lowest BCUT2D eigenvalue weighted by molar-refractivity contribution is 0.451. The zero-order valence-corrected chi connectivity index (χ0v) is 14.1. The zero-order valence-electron chi connectivity index (χ0n) is 13.2. The Balaban J connectivity index is 0.000000924. The minimum absolute atomic E-state index is 0.00664. The second kappa shape index (κ2) is 7.11. The SMILES string of the molecule is CC.Cc1ccccc1-n1c(-c2ccc(O)cc2O)n[nH]c1=S. The summed E-state index contributed by atoms with van der Waals surface area (Å²) in [6, 6.07) is 12.1. The second-order valence-corrected chi connectivity index (χ2v) is 5.06. The Hall–Kier alpha value is -2.60. The summed E-state index contributed by atoms with van der Waals surface area (Å²) in [4.78, 5) is 0. The first-order valence-corrected chi connectivity index (χ1v) is 7.74. The molecular formula is C17H19N3O2S.